The molecule has 0 saturated carbocycles. The van der Waals surface area contributed by atoms with Crippen LogP contribution in [0, 0.1) is 0 Å². The number of rotatable bonds is 7. The third-order valence-corrected chi connectivity index (χ3v) is 3.59. The smallest absolute Gasteiger partial charge is 0.337 e. The molecule has 0 spiro atoms. The van der Waals surface area contributed by atoms with E-state index in [1.807, 2.05) is 24.3 Å². The number of esters is 1. The van der Waals surface area contributed by atoms with Crippen LogP contribution in [0.5, 0.6) is 0 Å². The van der Waals surface area contributed by atoms with Gasteiger partial charge in [-0.1, -0.05) is 29.8 Å². The van der Waals surface area contributed by atoms with Gasteiger partial charge in [0, 0.05) is 30.2 Å². The summed E-state index contributed by atoms with van der Waals surface area (Å²) in [6, 6.07) is 14.2. The summed E-state index contributed by atoms with van der Waals surface area (Å²) in [5, 5.41) is 6.66. The summed E-state index contributed by atoms with van der Waals surface area (Å²) in [7, 11) is 1.32. The van der Waals surface area contributed by atoms with E-state index in [4.69, 9.17) is 11.6 Å². The van der Waals surface area contributed by atoms with E-state index in [-0.39, 0.29) is 5.91 Å². The van der Waals surface area contributed by atoms with Crippen molar-refractivity contribution < 1.29 is 14.3 Å². The van der Waals surface area contributed by atoms with Crippen molar-refractivity contribution in [2.75, 3.05) is 19.0 Å². The Hall–Kier alpha value is -2.37. The summed E-state index contributed by atoms with van der Waals surface area (Å²) in [6.07, 6.45) is 0.329. The number of carbonyl (C=O) groups excluding carboxylic acids is 2. The van der Waals surface area contributed by atoms with Crippen LogP contribution < -0.4 is 10.6 Å². The Labute approximate surface area is 146 Å². The number of hydrogen-bond donors (Lipinski definition) is 2. The second-order valence-electron chi connectivity index (χ2n) is 5.17. The normalized spacial score (nSPS) is 10.2. The molecule has 2 aromatic rings. The average Bonchev–Trinajstić information content (AvgIpc) is 2.60. The highest BCUT2D eigenvalue weighted by atomic mass is 35.5. The zero-order valence-electron chi connectivity index (χ0n) is 13.3. The molecule has 0 bridgehead atoms. The van der Waals surface area contributed by atoms with E-state index >= 15 is 0 Å². The van der Waals surface area contributed by atoms with Gasteiger partial charge >= 0.3 is 5.97 Å². The fourth-order valence-electron chi connectivity index (χ4n) is 2.10. The van der Waals surface area contributed by atoms with Gasteiger partial charge < -0.3 is 15.4 Å². The maximum Gasteiger partial charge on any atom is 0.337 e. The molecule has 0 atom stereocenters. The number of hydrogen-bond acceptors (Lipinski definition) is 4. The zero-order valence-corrected chi connectivity index (χ0v) is 14.1. The molecule has 5 nitrogen and oxygen atoms in total. The summed E-state index contributed by atoms with van der Waals surface area (Å²) in [5.41, 5.74) is 2.07. The van der Waals surface area contributed by atoms with Crippen molar-refractivity contribution in [2.45, 2.75) is 13.0 Å². The first-order chi connectivity index (χ1) is 11.6. The van der Waals surface area contributed by atoms with Crippen molar-refractivity contribution in [3.63, 3.8) is 0 Å². The molecule has 0 aromatic heterocycles. The molecular weight excluding hydrogens is 328 g/mol. The van der Waals surface area contributed by atoms with Gasteiger partial charge in [-0.15, -0.1) is 0 Å². The molecule has 0 fully saturated rings. The van der Waals surface area contributed by atoms with E-state index in [1.54, 1.807) is 24.3 Å². The first kappa shape index (κ1) is 18.0. The van der Waals surface area contributed by atoms with Gasteiger partial charge in [0.1, 0.15) is 0 Å². The Bertz CT molecular complexity index is 702. The molecule has 6 heteroatoms. The molecule has 2 rings (SSSR count). The van der Waals surface area contributed by atoms with Crippen molar-refractivity contribution in [1.29, 1.82) is 0 Å². The zero-order chi connectivity index (χ0) is 17.4. The van der Waals surface area contributed by atoms with Crippen LogP contribution in [0.2, 0.25) is 5.02 Å². The number of benzene rings is 2. The molecule has 0 unspecified atom stereocenters. The summed E-state index contributed by atoms with van der Waals surface area (Å²) < 4.78 is 4.66. The van der Waals surface area contributed by atoms with E-state index in [2.05, 4.69) is 15.4 Å². The molecule has 2 N–H and O–H groups in total. The third-order valence-electron chi connectivity index (χ3n) is 3.34. The van der Waals surface area contributed by atoms with Crippen LogP contribution >= 0.6 is 11.6 Å². The SMILES string of the molecule is COC(=O)c1cccc(NC(=O)CCNCc2ccc(Cl)cc2)c1. The predicted octanol–water partition coefficient (Wildman–Crippen LogP) is 3.25. The first-order valence-corrected chi connectivity index (χ1v) is 7.89. The summed E-state index contributed by atoms with van der Waals surface area (Å²) in [4.78, 5) is 23.4. The molecule has 1 amide bonds. The summed E-state index contributed by atoms with van der Waals surface area (Å²) in [5.74, 6) is -0.559. The van der Waals surface area contributed by atoms with Gasteiger partial charge in [0.2, 0.25) is 5.91 Å². The number of amides is 1. The van der Waals surface area contributed by atoms with Crippen molar-refractivity contribution in [1.82, 2.24) is 5.32 Å². The maximum atomic E-state index is 11.9. The van der Waals surface area contributed by atoms with Crippen molar-refractivity contribution in [3.05, 3.63) is 64.7 Å². The Balaban J connectivity index is 1.75. The van der Waals surface area contributed by atoms with E-state index < -0.39 is 5.97 Å². The van der Waals surface area contributed by atoms with Gasteiger partial charge in [-0.25, -0.2) is 4.79 Å². The number of carbonyl (C=O) groups is 2. The van der Waals surface area contributed by atoms with Gasteiger partial charge in [-0.3, -0.25) is 4.79 Å². The minimum atomic E-state index is -0.435. The Morgan fingerprint density at radius 1 is 1.12 bits per heavy atom. The highest BCUT2D eigenvalue weighted by Crippen LogP contribution is 2.12. The molecule has 0 radical (unpaired) electrons. The minimum absolute atomic E-state index is 0.124. The maximum absolute atomic E-state index is 11.9. The molecule has 2 aromatic carbocycles. The first-order valence-electron chi connectivity index (χ1n) is 7.52. The van der Waals surface area contributed by atoms with Gasteiger partial charge in [0.25, 0.3) is 0 Å². The van der Waals surface area contributed by atoms with Crippen LogP contribution in [-0.2, 0) is 16.1 Å². The topological polar surface area (TPSA) is 67.4 Å². The number of methoxy groups -OCH3 is 1. The standard InChI is InChI=1S/C18H19ClN2O3/c1-24-18(23)14-3-2-4-16(11-14)21-17(22)9-10-20-12-13-5-7-15(19)8-6-13/h2-8,11,20H,9-10,12H2,1H3,(H,21,22). The molecule has 24 heavy (non-hydrogen) atoms. The van der Waals surface area contributed by atoms with Crippen molar-refractivity contribution in [2.24, 2.45) is 0 Å². The molecule has 0 aliphatic rings. The lowest BCUT2D eigenvalue weighted by Gasteiger charge is -2.08. The monoisotopic (exact) mass is 346 g/mol. The van der Waals surface area contributed by atoms with Crippen LogP contribution in [0.3, 0.4) is 0 Å². The molecule has 0 aliphatic heterocycles. The average molecular weight is 347 g/mol. The lowest BCUT2D eigenvalue weighted by Crippen LogP contribution is -2.21. The molecule has 0 heterocycles. The largest absolute Gasteiger partial charge is 0.465 e. The minimum Gasteiger partial charge on any atom is -0.465 e. The van der Waals surface area contributed by atoms with Gasteiger partial charge in [-0.2, -0.15) is 0 Å². The van der Waals surface area contributed by atoms with Crippen LogP contribution in [0.25, 0.3) is 0 Å². The Morgan fingerprint density at radius 2 is 1.88 bits per heavy atom. The highest BCUT2D eigenvalue weighted by molar-refractivity contribution is 6.30. The van der Waals surface area contributed by atoms with Crippen molar-refractivity contribution in [3.8, 4) is 0 Å². The van der Waals surface area contributed by atoms with Gasteiger partial charge in [0.15, 0.2) is 0 Å². The van der Waals surface area contributed by atoms with Gasteiger partial charge in [0.05, 0.1) is 12.7 Å². The lowest BCUT2D eigenvalue weighted by atomic mass is 10.2. The molecular formula is C18H19ClN2O3. The van der Waals surface area contributed by atoms with E-state index in [0.717, 1.165) is 5.56 Å². The molecule has 0 aliphatic carbocycles. The number of halogens is 1. The van der Waals surface area contributed by atoms with E-state index in [9.17, 15) is 9.59 Å². The van der Waals surface area contributed by atoms with E-state index in [1.165, 1.54) is 7.11 Å². The van der Waals surface area contributed by atoms with Crippen molar-refractivity contribution >= 4 is 29.2 Å². The summed E-state index contributed by atoms with van der Waals surface area (Å²) >= 11 is 5.83. The summed E-state index contributed by atoms with van der Waals surface area (Å²) in [6.45, 7) is 1.22. The highest BCUT2D eigenvalue weighted by Gasteiger charge is 2.07. The van der Waals surface area contributed by atoms with Gasteiger partial charge in [-0.05, 0) is 35.9 Å². The Kier molecular flexibility index (Phi) is 6.78. The second-order valence-corrected chi connectivity index (χ2v) is 5.61. The van der Waals surface area contributed by atoms with Crippen LogP contribution in [0.1, 0.15) is 22.3 Å². The van der Waals surface area contributed by atoms with Crippen LogP contribution in [0.15, 0.2) is 48.5 Å². The quantitative estimate of drug-likeness (QED) is 0.596. The number of anilines is 1. The predicted molar refractivity (Wildman–Crippen MR) is 94.2 cm³/mol. The third kappa shape index (κ3) is 5.68. The fraction of sp³-hybridized carbons (Fsp3) is 0.222. The molecule has 0 saturated heterocycles. The fourth-order valence-corrected chi connectivity index (χ4v) is 2.23. The van der Waals surface area contributed by atoms with E-state index in [0.29, 0.717) is 35.8 Å². The Morgan fingerprint density at radius 3 is 2.58 bits per heavy atom. The van der Waals surface area contributed by atoms with Crippen LogP contribution in [0.4, 0.5) is 5.69 Å². The number of ether oxygens (including phenoxy) is 1. The van der Waals surface area contributed by atoms with Crippen LogP contribution in [-0.4, -0.2) is 25.5 Å². The lowest BCUT2D eigenvalue weighted by molar-refractivity contribution is -0.116. The second kappa shape index (κ2) is 9.05. The number of nitrogens with one attached hydrogen (secondary N) is 2. The molecule has 126 valence electrons.